The third-order valence-corrected chi connectivity index (χ3v) is 3.46. The van der Waals surface area contributed by atoms with Gasteiger partial charge in [0.15, 0.2) is 0 Å². The average Bonchev–Trinajstić information content (AvgIpc) is 2.46. The number of hydrogen-bond donors (Lipinski definition) is 0. The highest BCUT2D eigenvalue weighted by Crippen LogP contribution is 2.20. The number of nitro benzene ring substituents is 1. The van der Waals surface area contributed by atoms with Crippen molar-refractivity contribution in [3.05, 3.63) is 57.7 Å². The fourth-order valence-corrected chi connectivity index (χ4v) is 2.22. The summed E-state index contributed by atoms with van der Waals surface area (Å²) in [5.74, 6) is 1.18. The predicted octanol–water partition coefficient (Wildman–Crippen LogP) is 3.81. The van der Waals surface area contributed by atoms with Crippen molar-refractivity contribution in [2.24, 2.45) is 0 Å². The zero-order valence-electron chi connectivity index (χ0n) is 10.4. The van der Waals surface area contributed by atoms with Crippen molar-refractivity contribution >= 4 is 29.1 Å². The van der Waals surface area contributed by atoms with Gasteiger partial charge in [-0.25, -0.2) is 4.98 Å². The lowest BCUT2D eigenvalue weighted by Crippen LogP contribution is -2.00. The Hall–Kier alpha value is -1.79. The molecule has 20 heavy (non-hydrogen) atoms. The molecular formula is C13H11ClN2O3S. The maximum absolute atomic E-state index is 10.6. The van der Waals surface area contributed by atoms with Gasteiger partial charge in [-0.05, 0) is 18.2 Å². The van der Waals surface area contributed by atoms with Gasteiger partial charge < -0.3 is 4.74 Å². The molecule has 0 N–H and O–H groups in total. The molecule has 0 unspecified atom stereocenters. The van der Waals surface area contributed by atoms with Gasteiger partial charge in [0, 0.05) is 18.0 Å². The van der Waals surface area contributed by atoms with Gasteiger partial charge in [0.1, 0.15) is 5.75 Å². The van der Waals surface area contributed by atoms with Crippen LogP contribution in [0.3, 0.4) is 0 Å². The van der Waals surface area contributed by atoms with Crippen LogP contribution in [0.4, 0.5) is 5.69 Å². The van der Waals surface area contributed by atoms with E-state index in [1.165, 1.54) is 23.9 Å². The summed E-state index contributed by atoms with van der Waals surface area (Å²) < 4.78 is 5.46. The van der Waals surface area contributed by atoms with E-state index in [1.807, 2.05) is 6.07 Å². The van der Waals surface area contributed by atoms with Gasteiger partial charge in [0.05, 0.1) is 27.6 Å². The lowest BCUT2D eigenvalue weighted by atomic mass is 10.3. The van der Waals surface area contributed by atoms with Crippen LogP contribution in [0.25, 0.3) is 0 Å². The van der Waals surface area contributed by atoms with Crippen LogP contribution < -0.4 is 4.74 Å². The van der Waals surface area contributed by atoms with E-state index in [4.69, 9.17) is 16.3 Å². The molecule has 2 aromatic rings. The summed E-state index contributed by atoms with van der Waals surface area (Å²) in [6, 6.07) is 9.74. The molecule has 0 saturated heterocycles. The molecule has 0 saturated carbocycles. The van der Waals surface area contributed by atoms with Gasteiger partial charge in [-0.2, -0.15) is 0 Å². The lowest BCUT2D eigenvalue weighted by molar-refractivity contribution is -0.384. The maximum Gasteiger partial charge on any atom is 0.273 e. The summed E-state index contributed by atoms with van der Waals surface area (Å²) in [4.78, 5) is 14.3. The summed E-state index contributed by atoms with van der Waals surface area (Å²) in [7, 11) is 0. The number of benzene rings is 1. The Kier molecular flexibility index (Phi) is 5.20. The van der Waals surface area contributed by atoms with Gasteiger partial charge in [-0.15, -0.1) is 11.8 Å². The second-order valence-electron chi connectivity index (χ2n) is 3.77. The molecule has 5 nitrogen and oxygen atoms in total. The van der Waals surface area contributed by atoms with Crippen molar-refractivity contribution < 1.29 is 9.66 Å². The van der Waals surface area contributed by atoms with Crippen molar-refractivity contribution in [1.29, 1.82) is 0 Å². The Morgan fingerprint density at radius 2 is 2.20 bits per heavy atom. The summed E-state index contributed by atoms with van der Waals surface area (Å²) in [5.41, 5.74) is 0.0227. The highest BCUT2D eigenvalue weighted by atomic mass is 35.5. The topological polar surface area (TPSA) is 65.3 Å². The number of nitro groups is 1. The van der Waals surface area contributed by atoms with Crippen LogP contribution >= 0.6 is 23.4 Å². The monoisotopic (exact) mass is 310 g/mol. The van der Waals surface area contributed by atoms with Crippen molar-refractivity contribution in [1.82, 2.24) is 4.98 Å². The molecule has 0 amide bonds. The minimum atomic E-state index is -0.445. The third-order valence-electron chi connectivity index (χ3n) is 2.33. The van der Waals surface area contributed by atoms with Gasteiger partial charge >= 0.3 is 0 Å². The molecule has 0 aliphatic heterocycles. The largest absolute Gasteiger partial charge is 0.492 e. The van der Waals surface area contributed by atoms with Gasteiger partial charge in [0.25, 0.3) is 5.69 Å². The first-order valence-electron chi connectivity index (χ1n) is 5.77. The molecule has 7 heteroatoms. The molecule has 0 radical (unpaired) electrons. The molecule has 1 aromatic carbocycles. The van der Waals surface area contributed by atoms with Crippen molar-refractivity contribution in [3.63, 3.8) is 0 Å². The molecule has 0 atom stereocenters. The summed E-state index contributed by atoms with van der Waals surface area (Å²) in [6.07, 6.45) is 1.59. The average molecular weight is 311 g/mol. The fourth-order valence-electron chi connectivity index (χ4n) is 1.44. The first-order valence-corrected chi connectivity index (χ1v) is 7.13. The van der Waals surface area contributed by atoms with E-state index < -0.39 is 4.92 Å². The van der Waals surface area contributed by atoms with Crippen molar-refractivity contribution in [2.75, 3.05) is 12.4 Å². The number of ether oxygens (including phenoxy) is 1. The summed E-state index contributed by atoms with van der Waals surface area (Å²) in [6.45, 7) is 0.441. The molecule has 0 spiro atoms. The van der Waals surface area contributed by atoms with E-state index in [1.54, 1.807) is 24.4 Å². The number of hydrogen-bond acceptors (Lipinski definition) is 5. The van der Waals surface area contributed by atoms with E-state index in [0.717, 1.165) is 5.03 Å². The zero-order chi connectivity index (χ0) is 14.4. The second-order valence-corrected chi connectivity index (χ2v) is 5.32. The third kappa shape index (κ3) is 4.40. The molecule has 0 bridgehead atoms. The van der Waals surface area contributed by atoms with Gasteiger partial charge in [0.2, 0.25) is 0 Å². The molecule has 1 aromatic heterocycles. The van der Waals surface area contributed by atoms with Gasteiger partial charge in [-0.3, -0.25) is 10.1 Å². The Bertz CT molecular complexity index is 592. The van der Waals surface area contributed by atoms with E-state index in [-0.39, 0.29) is 5.69 Å². The Labute approximate surface area is 125 Å². The van der Waals surface area contributed by atoms with E-state index >= 15 is 0 Å². The minimum Gasteiger partial charge on any atom is -0.492 e. The SMILES string of the molecule is O=[N+]([O-])c1cccc(OCCSc2ccc(Cl)cn2)c1. The van der Waals surface area contributed by atoms with E-state index in [2.05, 4.69) is 4.98 Å². The lowest BCUT2D eigenvalue weighted by Gasteiger charge is -2.05. The predicted molar refractivity (Wildman–Crippen MR) is 78.6 cm³/mol. The fraction of sp³-hybridized carbons (Fsp3) is 0.154. The molecule has 0 aliphatic carbocycles. The number of halogens is 1. The normalized spacial score (nSPS) is 10.2. The quantitative estimate of drug-likeness (QED) is 0.351. The molecule has 0 fully saturated rings. The second kappa shape index (κ2) is 7.12. The van der Waals surface area contributed by atoms with E-state index in [9.17, 15) is 10.1 Å². The highest BCUT2D eigenvalue weighted by molar-refractivity contribution is 7.99. The number of nitrogens with zero attached hydrogens (tertiary/aromatic N) is 2. The maximum atomic E-state index is 10.6. The molecular weight excluding hydrogens is 300 g/mol. The Morgan fingerprint density at radius 1 is 1.35 bits per heavy atom. The first-order chi connectivity index (χ1) is 9.65. The number of thioether (sulfide) groups is 1. The highest BCUT2D eigenvalue weighted by Gasteiger charge is 2.06. The molecule has 2 rings (SSSR count). The van der Waals surface area contributed by atoms with Crippen molar-refractivity contribution in [3.8, 4) is 5.75 Å². The smallest absolute Gasteiger partial charge is 0.273 e. The minimum absolute atomic E-state index is 0.0227. The Morgan fingerprint density at radius 3 is 2.90 bits per heavy atom. The number of rotatable bonds is 6. The number of non-ortho nitro benzene ring substituents is 1. The number of pyridine rings is 1. The van der Waals surface area contributed by atoms with Gasteiger partial charge in [-0.1, -0.05) is 17.7 Å². The number of aromatic nitrogens is 1. The van der Waals surface area contributed by atoms with Crippen LogP contribution in [0.15, 0.2) is 47.6 Å². The first kappa shape index (κ1) is 14.6. The van der Waals surface area contributed by atoms with Crippen molar-refractivity contribution in [2.45, 2.75) is 5.03 Å². The van der Waals surface area contributed by atoms with Crippen LogP contribution in [-0.2, 0) is 0 Å². The van der Waals surface area contributed by atoms with Crippen LogP contribution in [0.5, 0.6) is 5.75 Å². The molecule has 0 aliphatic rings. The van der Waals surface area contributed by atoms with Crippen LogP contribution in [0.1, 0.15) is 0 Å². The summed E-state index contributed by atoms with van der Waals surface area (Å²) in [5, 5.41) is 12.1. The summed E-state index contributed by atoms with van der Waals surface area (Å²) >= 11 is 7.27. The van der Waals surface area contributed by atoms with Crippen LogP contribution in [0.2, 0.25) is 5.02 Å². The van der Waals surface area contributed by atoms with Crippen LogP contribution in [-0.4, -0.2) is 22.3 Å². The Balaban J connectivity index is 1.79. The van der Waals surface area contributed by atoms with E-state index in [0.29, 0.717) is 23.1 Å². The molecule has 1 heterocycles. The standard InChI is InChI=1S/C13H11ClN2O3S/c14-10-4-5-13(15-9-10)20-7-6-19-12-3-1-2-11(8-12)16(17)18/h1-5,8-9H,6-7H2. The zero-order valence-corrected chi connectivity index (χ0v) is 11.9. The molecule has 104 valence electrons. The van der Waals surface area contributed by atoms with Crippen LogP contribution in [0, 0.1) is 10.1 Å².